The standard InChI is InChI=1S/C49H76O3/c1-3-5-7-9-11-13-15-17-19-21-23-25-27-29-35-42-36-32-34-40-46(42)52-49(51)47-45-39-33-31-37-43(45)41-44(48(47)50)38-30-28-26-24-22-20-18-16-14-12-10-8-6-4-2/h31-34,36-37,39-41,50H,3-30,35,38H2,1-2H3. The lowest BCUT2D eigenvalue weighted by Crippen LogP contribution is -2.12. The van der Waals surface area contributed by atoms with Crippen molar-refractivity contribution in [1.82, 2.24) is 0 Å². The molecular weight excluding hydrogens is 637 g/mol. The molecular formula is C49H76O3. The van der Waals surface area contributed by atoms with Crippen molar-refractivity contribution < 1.29 is 14.6 Å². The fraction of sp³-hybridized carbons (Fsp3) is 0.653. The molecule has 0 aromatic heterocycles. The highest BCUT2D eigenvalue weighted by Gasteiger charge is 2.22. The lowest BCUT2D eigenvalue weighted by atomic mass is 9.96. The topological polar surface area (TPSA) is 46.5 Å². The molecule has 3 rings (SSSR count). The molecule has 0 heterocycles. The summed E-state index contributed by atoms with van der Waals surface area (Å²) < 4.78 is 6.07. The molecule has 3 heteroatoms. The van der Waals surface area contributed by atoms with Crippen molar-refractivity contribution in [2.45, 2.75) is 206 Å². The molecule has 52 heavy (non-hydrogen) atoms. The van der Waals surface area contributed by atoms with E-state index in [-0.39, 0.29) is 5.75 Å². The summed E-state index contributed by atoms with van der Waals surface area (Å²) in [6.07, 6.45) is 38.9. The number of benzene rings is 3. The van der Waals surface area contributed by atoms with Gasteiger partial charge in [-0.2, -0.15) is 0 Å². The smallest absolute Gasteiger partial charge is 0.347 e. The summed E-state index contributed by atoms with van der Waals surface area (Å²) in [7, 11) is 0. The Morgan fingerprint density at radius 1 is 0.481 bits per heavy atom. The summed E-state index contributed by atoms with van der Waals surface area (Å²) in [6, 6.07) is 17.9. The van der Waals surface area contributed by atoms with Crippen molar-refractivity contribution in [2.75, 3.05) is 0 Å². The van der Waals surface area contributed by atoms with Crippen LogP contribution in [0, 0.1) is 0 Å². The Morgan fingerprint density at radius 2 is 0.865 bits per heavy atom. The SMILES string of the molecule is CCCCCCCCCCCCCCCCc1ccccc1OC(=O)c1c(O)c(CCCCCCCCCCCCCCCC)cc2ccccc12. The molecule has 0 saturated carbocycles. The zero-order chi connectivity index (χ0) is 36.9. The number of phenols is 1. The second-order valence-electron chi connectivity index (χ2n) is 15.7. The van der Waals surface area contributed by atoms with Crippen LogP contribution in [-0.2, 0) is 12.8 Å². The van der Waals surface area contributed by atoms with Crippen molar-refractivity contribution in [1.29, 1.82) is 0 Å². The summed E-state index contributed by atoms with van der Waals surface area (Å²) in [5.41, 5.74) is 2.21. The fourth-order valence-corrected chi connectivity index (χ4v) is 7.77. The van der Waals surface area contributed by atoms with E-state index in [0.717, 1.165) is 54.0 Å². The average molecular weight is 713 g/mol. The number of carbonyl (C=O) groups excluding carboxylic acids is 1. The highest BCUT2D eigenvalue weighted by atomic mass is 16.5. The van der Waals surface area contributed by atoms with Gasteiger partial charge in [0.1, 0.15) is 17.1 Å². The number of esters is 1. The first kappa shape index (κ1) is 43.6. The number of para-hydroxylation sites is 1. The number of hydrogen-bond donors (Lipinski definition) is 1. The van der Waals surface area contributed by atoms with E-state index in [1.54, 1.807) is 0 Å². The van der Waals surface area contributed by atoms with Gasteiger partial charge in [-0.1, -0.05) is 223 Å². The normalized spacial score (nSPS) is 11.4. The van der Waals surface area contributed by atoms with Gasteiger partial charge in [-0.3, -0.25) is 0 Å². The molecule has 0 radical (unpaired) electrons. The largest absolute Gasteiger partial charge is 0.507 e. The molecule has 0 amide bonds. The van der Waals surface area contributed by atoms with Gasteiger partial charge in [-0.05, 0) is 59.7 Å². The van der Waals surface area contributed by atoms with Crippen LogP contribution in [0.25, 0.3) is 10.8 Å². The van der Waals surface area contributed by atoms with Crippen LogP contribution in [0.4, 0.5) is 0 Å². The van der Waals surface area contributed by atoms with Gasteiger partial charge >= 0.3 is 5.97 Å². The third-order valence-corrected chi connectivity index (χ3v) is 11.1. The predicted octanol–water partition coefficient (Wildman–Crippen LogP) is 15.8. The summed E-state index contributed by atoms with van der Waals surface area (Å²) in [6.45, 7) is 4.57. The first-order valence-corrected chi connectivity index (χ1v) is 22.2. The second-order valence-corrected chi connectivity index (χ2v) is 15.7. The number of aryl methyl sites for hydroxylation is 2. The third-order valence-electron chi connectivity index (χ3n) is 11.1. The number of phenolic OH excluding ortho intramolecular Hbond substituents is 1. The number of hydrogen-bond acceptors (Lipinski definition) is 3. The van der Waals surface area contributed by atoms with E-state index in [2.05, 4.69) is 26.0 Å². The van der Waals surface area contributed by atoms with Gasteiger partial charge < -0.3 is 9.84 Å². The van der Waals surface area contributed by atoms with Crippen molar-refractivity contribution in [3.8, 4) is 11.5 Å². The lowest BCUT2D eigenvalue weighted by molar-refractivity contribution is 0.0732. The molecule has 0 aliphatic carbocycles. The van der Waals surface area contributed by atoms with Gasteiger partial charge in [-0.25, -0.2) is 4.79 Å². The van der Waals surface area contributed by atoms with Crippen molar-refractivity contribution in [2.24, 2.45) is 0 Å². The Balaban J connectivity index is 1.39. The Kier molecular flexibility index (Phi) is 24.0. The molecule has 3 aromatic rings. The van der Waals surface area contributed by atoms with Crippen LogP contribution in [0.15, 0.2) is 54.6 Å². The molecule has 3 nitrogen and oxygen atoms in total. The molecule has 0 saturated heterocycles. The molecule has 290 valence electrons. The fourth-order valence-electron chi connectivity index (χ4n) is 7.77. The highest BCUT2D eigenvalue weighted by molar-refractivity contribution is 6.08. The maximum Gasteiger partial charge on any atom is 0.347 e. The molecule has 0 aliphatic heterocycles. The van der Waals surface area contributed by atoms with Gasteiger partial charge in [0.2, 0.25) is 0 Å². The van der Waals surface area contributed by atoms with Crippen LogP contribution in [0.5, 0.6) is 11.5 Å². The Hall–Kier alpha value is -2.81. The van der Waals surface area contributed by atoms with Crippen molar-refractivity contribution >= 4 is 16.7 Å². The predicted molar refractivity (Wildman–Crippen MR) is 225 cm³/mol. The Morgan fingerprint density at radius 3 is 1.35 bits per heavy atom. The Bertz CT molecular complexity index is 1340. The Labute approximate surface area is 319 Å². The minimum absolute atomic E-state index is 0.0860. The van der Waals surface area contributed by atoms with Gasteiger partial charge in [0.05, 0.1) is 0 Å². The van der Waals surface area contributed by atoms with Crippen LogP contribution in [0.1, 0.15) is 215 Å². The molecule has 0 spiro atoms. The quantitative estimate of drug-likeness (QED) is 0.0398. The number of rotatable bonds is 32. The summed E-state index contributed by atoms with van der Waals surface area (Å²) >= 11 is 0. The van der Waals surface area contributed by atoms with E-state index in [9.17, 15) is 9.90 Å². The molecule has 3 aromatic carbocycles. The van der Waals surface area contributed by atoms with E-state index >= 15 is 0 Å². The molecule has 0 atom stereocenters. The molecule has 1 N–H and O–H groups in total. The average Bonchev–Trinajstić information content (AvgIpc) is 3.15. The van der Waals surface area contributed by atoms with E-state index < -0.39 is 5.97 Å². The van der Waals surface area contributed by atoms with Crippen LogP contribution in [-0.4, -0.2) is 11.1 Å². The first-order valence-electron chi connectivity index (χ1n) is 22.2. The maximum absolute atomic E-state index is 13.8. The monoisotopic (exact) mass is 713 g/mol. The maximum atomic E-state index is 13.8. The van der Waals surface area contributed by atoms with Gasteiger partial charge in [-0.15, -0.1) is 0 Å². The van der Waals surface area contributed by atoms with Gasteiger partial charge in [0.15, 0.2) is 0 Å². The van der Waals surface area contributed by atoms with E-state index in [0.29, 0.717) is 11.3 Å². The third kappa shape index (κ3) is 17.8. The highest BCUT2D eigenvalue weighted by Crippen LogP contribution is 2.34. The van der Waals surface area contributed by atoms with E-state index in [1.165, 1.54) is 161 Å². The van der Waals surface area contributed by atoms with Gasteiger partial charge in [0.25, 0.3) is 0 Å². The van der Waals surface area contributed by atoms with Crippen molar-refractivity contribution in [3.63, 3.8) is 0 Å². The van der Waals surface area contributed by atoms with Gasteiger partial charge in [0, 0.05) is 0 Å². The number of aromatic hydroxyl groups is 1. The zero-order valence-electron chi connectivity index (χ0n) is 33.7. The number of carbonyl (C=O) groups is 1. The number of ether oxygens (including phenoxy) is 1. The van der Waals surface area contributed by atoms with Crippen molar-refractivity contribution in [3.05, 3.63) is 71.3 Å². The summed E-state index contributed by atoms with van der Waals surface area (Å²) in [4.78, 5) is 13.8. The van der Waals surface area contributed by atoms with Crippen LogP contribution in [0.2, 0.25) is 0 Å². The molecule has 0 fully saturated rings. The van der Waals surface area contributed by atoms with E-state index in [4.69, 9.17) is 4.74 Å². The van der Waals surface area contributed by atoms with Crippen LogP contribution < -0.4 is 4.74 Å². The number of fused-ring (bicyclic) bond motifs is 1. The summed E-state index contributed by atoms with van der Waals surface area (Å²) in [5.74, 6) is 0.232. The van der Waals surface area contributed by atoms with Crippen LogP contribution in [0.3, 0.4) is 0 Å². The molecule has 0 aliphatic rings. The minimum atomic E-state index is -0.468. The van der Waals surface area contributed by atoms with E-state index in [1.807, 2.05) is 42.5 Å². The minimum Gasteiger partial charge on any atom is -0.507 e. The molecule has 0 bridgehead atoms. The summed E-state index contributed by atoms with van der Waals surface area (Å²) in [5, 5.41) is 13.2. The lowest BCUT2D eigenvalue weighted by Gasteiger charge is -2.15. The zero-order valence-corrected chi connectivity index (χ0v) is 33.7. The van der Waals surface area contributed by atoms with Crippen LogP contribution >= 0.6 is 0 Å². The molecule has 0 unspecified atom stereocenters. The second kappa shape index (κ2) is 28.7. The first-order chi connectivity index (χ1) is 25.7. The number of unbranched alkanes of at least 4 members (excludes halogenated alkanes) is 26.